The van der Waals surface area contributed by atoms with E-state index in [-0.39, 0.29) is 5.91 Å². The molecule has 0 spiro atoms. The first-order chi connectivity index (χ1) is 9.50. The molecule has 0 saturated heterocycles. The number of hydrogen-bond donors (Lipinski definition) is 2. The third-order valence-electron chi connectivity index (χ3n) is 2.95. The van der Waals surface area contributed by atoms with Crippen LogP contribution in [0.15, 0.2) is 10.7 Å². The highest BCUT2D eigenvalue weighted by Crippen LogP contribution is 2.19. The summed E-state index contributed by atoms with van der Waals surface area (Å²) in [7, 11) is 0. The van der Waals surface area contributed by atoms with Gasteiger partial charge in [-0.05, 0) is 36.2 Å². The first-order valence-electron chi connectivity index (χ1n) is 6.17. The number of nitrogens with zero attached hydrogens (tertiary/aromatic N) is 3. The Morgan fingerprint density at radius 2 is 2.30 bits per heavy atom. The van der Waals surface area contributed by atoms with Crippen molar-refractivity contribution in [1.82, 2.24) is 25.3 Å². The smallest absolute Gasteiger partial charge is 0.270 e. The summed E-state index contributed by atoms with van der Waals surface area (Å²) in [6.45, 7) is 5.25. The summed E-state index contributed by atoms with van der Waals surface area (Å²) in [4.78, 5) is 11.8. The summed E-state index contributed by atoms with van der Waals surface area (Å²) < 4.78 is 2.96. The van der Waals surface area contributed by atoms with Crippen molar-refractivity contribution in [2.75, 3.05) is 6.54 Å². The molecule has 0 aliphatic heterocycles. The van der Waals surface area contributed by atoms with E-state index in [1.54, 1.807) is 0 Å². The van der Waals surface area contributed by atoms with Gasteiger partial charge in [-0.15, -0.1) is 0 Å². The van der Waals surface area contributed by atoms with Crippen LogP contribution in [0, 0.1) is 13.8 Å². The number of nitrogens with one attached hydrogen (secondary N) is 2. The van der Waals surface area contributed by atoms with Gasteiger partial charge in [0.1, 0.15) is 5.69 Å². The molecule has 1 amide bonds. The second-order valence-corrected chi connectivity index (χ2v) is 5.61. The minimum atomic E-state index is -0.248. The fourth-order valence-electron chi connectivity index (χ4n) is 1.84. The van der Waals surface area contributed by atoms with Crippen LogP contribution in [0.4, 0.5) is 0 Å². The number of amides is 1. The lowest BCUT2D eigenvalue weighted by Gasteiger charge is -2.06. The molecule has 0 bridgehead atoms. The average Bonchev–Trinajstić information content (AvgIpc) is 2.94. The van der Waals surface area contributed by atoms with E-state index >= 15 is 0 Å². The van der Waals surface area contributed by atoms with Crippen LogP contribution < -0.4 is 5.32 Å². The highest BCUT2D eigenvalue weighted by Gasteiger charge is 2.12. The Morgan fingerprint density at radius 3 is 2.85 bits per heavy atom. The van der Waals surface area contributed by atoms with Gasteiger partial charge < -0.3 is 5.32 Å². The molecule has 20 heavy (non-hydrogen) atoms. The van der Waals surface area contributed by atoms with Crippen molar-refractivity contribution < 1.29 is 4.79 Å². The molecular weight excluding hydrogens is 346 g/mol. The molecule has 108 valence electrons. The van der Waals surface area contributed by atoms with Crippen LogP contribution in [0.3, 0.4) is 0 Å². The van der Waals surface area contributed by atoms with Crippen LogP contribution in [0.5, 0.6) is 0 Å². The highest BCUT2D eigenvalue weighted by molar-refractivity contribution is 9.10. The fraction of sp³-hybridized carbons (Fsp3) is 0.417. The zero-order chi connectivity index (χ0) is 14.7. The molecule has 0 unspecified atom stereocenters. The molecule has 8 heteroatoms. The molecule has 0 atom stereocenters. The van der Waals surface area contributed by atoms with E-state index in [9.17, 15) is 4.79 Å². The minimum Gasteiger partial charge on any atom is -0.351 e. The predicted molar refractivity (Wildman–Crippen MR) is 79.9 cm³/mol. The maximum Gasteiger partial charge on any atom is 0.270 e. The van der Waals surface area contributed by atoms with Crippen molar-refractivity contribution in [3.8, 4) is 0 Å². The number of aromatic amines is 1. The molecule has 0 aromatic carbocycles. The number of hydrogen-bond acceptors (Lipinski definition) is 3. The van der Waals surface area contributed by atoms with E-state index in [1.165, 1.54) is 6.20 Å². The largest absolute Gasteiger partial charge is 0.351 e. The van der Waals surface area contributed by atoms with Crippen LogP contribution in [-0.4, -0.2) is 32.4 Å². The van der Waals surface area contributed by atoms with Crippen LogP contribution >= 0.6 is 27.5 Å². The van der Waals surface area contributed by atoms with Gasteiger partial charge >= 0.3 is 0 Å². The van der Waals surface area contributed by atoms with Gasteiger partial charge in [-0.2, -0.15) is 10.2 Å². The van der Waals surface area contributed by atoms with Crippen molar-refractivity contribution in [2.45, 2.75) is 26.8 Å². The number of aromatic nitrogens is 4. The van der Waals surface area contributed by atoms with Crippen molar-refractivity contribution in [3.63, 3.8) is 0 Å². The number of H-pyrrole nitrogens is 1. The fourth-order valence-corrected chi connectivity index (χ4v) is 2.30. The SMILES string of the molecule is Cc1nn(CCCNC(=O)c2[nH]ncc2Cl)c(C)c1Br. The van der Waals surface area contributed by atoms with E-state index in [1.807, 2.05) is 18.5 Å². The van der Waals surface area contributed by atoms with Crippen molar-refractivity contribution in [1.29, 1.82) is 0 Å². The molecule has 0 aliphatic carbocycles. The van der Waals surface area contributed by atoms with Gasteiger partial charge in [-0.1, -0.05) is 11.6 Å². The van der Waals surface area contributed by atoms with E-state index in [0.717, 1.165) is 28.8 Å². The maximum atomic E-state index is 11.8. The molecule has 0 radical (unpaired) electrons. The summed E-state index contributed by atoms with van der Waals surface area (Å²) >= 11 is 9.30. The summed E-state index contributed by atoms with van der Waals surface area (Å²) in [5.41, 5.74) is 2.35. The molecule has 6 nitrogen and oxygen atoms in total. The first-order valence-corrected chi connectivity index (χ1v) is 7.34. The van der Waals surface area contributed by atoms with Crippen molar-refractivity contribution >= 4 is 33.4 Å². The highest BCUT2D eigenvalue weighted by atomic mass is 79.9. The molecule has 2 rings (SSSR count). The van der Waals surface area contributed by atoms with E-state index in [0.29, 0.717) is 17.3 Å². The van der Waals surface area contributed by atoms with Crippen LogP contribution in [0.1, 0.15) is 28.3 Å². The predicted octanol–water partition coefficient (Wildman–Crippen LogP) is 2.46. The Kier molecular flexibility index (Phi) is 4.82. The normalized spacial score (nSPS) is 10.8. The van der Waals surface area contributed by atoms with Gasteiger partial charge in [-0.25, -0.2) is 0 Å². The number of rotatable bonds is 5. The molecule has 2 aromatic rings. The van der Waals surface area contributed by atoms with Gasteiger partial charge in [0, 0.05) is 18.8 Å². The van der Waals surface area contributed by atoms with Gasteiger partial charge in [0.25, 0.3) is 5.91 Å². The van der Waals surface area contributed by atoms with Crippen LogP contribution in [0.2, 0.25) is 5.02 Å². The van der Waals surface area contributed by atoms with Gasteiger partial charge in [0.05, 0.1) is 21.4 Å². The molecule has 2 N–H and O–H groups in total. The molecular formula is C12H15BrClN5O. The van der Waals surface area contributed by atoms with Crippen molar-refractivity contribution in [3.05, 3.63) is 32.8 Å². The van der Waals surface area contributed by atoms with Gasteiger partial charge in [-0.3, -0.25) is 14.6 Å². The van der Waals surface area contributed by atoms with E-state index in [4.69, 9.17) is 11.6 Å². The second-order valence-electron chi connectivity index (χ2n) is 4.41. The lowest BCUT2D eigenvalue weighted by molar-refractivity contribution is 0.0947. The standard InChI is InChI=1S/C12H15BrClN5O/c1-7-10(13)8(2)19(18-7)5-3-4-15-12(20)11-9(14)6-16-17-11/h6H,3-5H2,1-2H3,(H,15,20)(H,16,17). The van der Waals surface area contributed by atoms with E-state index in [2.05, 4.69) is 36.5 Å². The zero-order valence-electron chi connectivity index (χ0n) is 11.2. The molecule has 0 saturated carbocycles. The number of carbonyl (C=O) groups is 1. The molecule has 0 aliphatic rings. The summed E-state index contributed by atoms with van der Waals surface area (Å²) in [5.74, 6) is -0.248. The third-order valence-corrected chi connectivity index (χ3v) is 4.38. The van der Waals surface area contributed by atoms with E-state index < -0.39 is 0 Å². The summed E-state index contributed by atoms with van der Waals surface area (Å²) in [6, 6.07) is 0. The molecule has 0 fully saturated rings. The summed E-state index contributed by atoms with van der Waals surface area (Å²) in [5, 5.41) is 13.8. The Labute approximate surface area is 130 Å². The monoisotopic (exact) mass is 359 g/mol. The van der Waals surface area contributed by atoms with Gasteiger partial charge in [0.2, 0.25) is 0 Å². The topological polar surface area (TPSA) is 75.6 Å². The molecule has 2 heterocycles. The first kappa shape index (κ1) is 15.1. The number of carbonyl (C=O) groups excluding carboxylic acids is 1. The Hall–Kier alpha value is -1.34. The lowest BCUT2D eigenvalue weighted by atomic mass is 10.3. The van der Waals surface area contributed by atoms with Crippen LogP contribution in [-0.2, 0) is 6.54 Å². The number of aryl methyl sites for hydroxylation is 2. The third kappa shape index (κ3) is 3.21. The van der Waals surface area contributed by atoms with Crippen LogP contribution in [0.25, 0.3) is 0 Å². The Bertz CT molecular complexity index is 621. The second kappa shape index (κ2) is 6.41. The Morgan fingerprint density at radius 1 is 1.55 bits per heavy atom. The zero-order valence-corrected chi connectivity index (χ0v) is 13.5. The lowest BCUT2D eigenvalue weighted by Crippen LogP contribution is -2.26. The van der Waals surface area contributed by atoms with Gasteiger partial charge in [0.15, 0.2) is 0 Å². The number of halogens is 2. The summed E-state index contributed by atoms with van der Waals surface area (Å²) in [6.07, 6.45) is 2.19. The average molecular weight is 361 g/mol. The maximum absolute atomic E-state index is 11.8. The minimum absolute atomic E-state index is 0.248. The van der Waals surface area contributed by atoms with Crippen molar-refractivity contribution in [2.24, 2.45) is 0 Å². The quantitative estimate of drug-likeness (QED) is 0.804. The Balaban J connectivity index is 1.81. The molecule has 2 aromatic heterocycles.